The van der Waals surface area contributed by atoms with Gasteiger partial charge >= 0.3 is 0 Å². The van der Waals surface area contributed by atoms with E-state index in [0.717, 1.165) is 38.0 Å². The largest absolute Gasteiger partial charge is 0.390 e. The molecule has 1 heterocycles. The van der Waals surface area contributed by atoms with Gasteiger partial charge in [0.05, 0.1) is 11.6 Å². The van der Waals surface area contributed by atoms with Gasteiger partial charge in [0.15, 0.2) is 5.11 Å². The van der Waals surface area contributed by atoms with Crippen LogP contribution < -0.4 is 10.6 Å². The van der Waals surface area contributed by atoms with Crippen molar-refractivity contribution in [2.45, 2.75) is 37.8 Å². The van der Waals surface area contributed by atoms with Crippen LogP contribution in [0.25, 0.3) is 0 Å². The minimum atomic E-state index is -0.623. The highest BCUT2D eigenvalue weighted by molar-refractivity contribution is 7.80. The molecule has 0 spiro atoms. The van der Waals surface area contributed by atoms with Crippen LogP contribution in [0.3, 0.4) is 0 Å². The zero-order valence-electron chi connectivity index (χ0n) is 13.5. The molecule has 0 aliphatic carbocycles. The SMILES string of the molecule is CCNC(=S)NC(CC1(O)CCN(C)CC1)c1ccccc1. The van der Waals surface area contributed by atoms with E-state index in [2.05, 4.69) is 34.7 Å². The molecule has 1 aromatic rings. The van der Waals surface area contributed by atoms with E-state index in [0.29, 0.717) is 11.5 Å². The van der Waals surface area contributed by atoms with Gasteiger partial charge in [-0.2, -0.15) is 0 Å². The minimum absolute atomic E-state index is 0.0288. The Kier molecular flexibility index (Phi) is 6.17. The first-order valence-corrected chi connectivity index (χ1v) is 8.43. The second-order valence-electron chi connectivity index (χ2n) is 6.20. The Morgan fingerprint density at radius 2 is 1.95 bits per heavy atom. The van der Waals surface area contributed by atoms with Gasteiger partial charge in [0, 0.05) is 26.1 Å². The van der Waals surface area contributed by atoms with E-state index in [-0.39, 0.29) is 6.04 Å². The number of thiocarbonyl (C=S) groups is 1. The lowest BCUT2D eigenvalue weighted by molar-refractivity contribution is -0.0286. The van der Waals surface area contributed by atoms with E-state index in [1.807, 2.05) is 25.1 Å². The van der Waals surface area contributed by atoms with Crippen LogP contribution in [0.1, 0.15) is 37.8 Å². The maximum Gasteiger partial charge on any atom is 0.166 e. The summed E-state index contributed by atoms with van der Waals surface area (Å²) in [6.45, 7) is 4.70. The van der Waals surface area contributed by atoms with Crippen LogP contribution in [0.4, 0.5) is 0 Å². The smallest absolute Gasteiger partial charge is 0.166 e. The second-order valence-corrected chi connectivity index (χ2v) is 6.61. The maximum absolute atomic E-state index is 10.9. The summed E-state index contributed by atoms with van der Waals surface area (Å²) in [6.07, 6.45) is 2.29. The van der Waals surface area contributed by atoms with Crippen molar-refractivity contribution >= 4 is 17.3 Å². The standard InChI is InChI=1S/C17H27N3OS/c1-3-18-16(22)19-15(14-7-5-4-6-8-14)13-17(21)9-11-20(2)12-10-17/h4-8,15,21H,3,9-13H2,1-2H3,(H2,18,19,22). The summed E-state index contributed by atoms with van der Waals surface area (Å²) in [5.41, 5.74) is 0.539. The van der Waals surface area contributed by atoms with Gasteiger partial charge in [-0.05, 0) is 44.6 Å². The molecule has 0 saturated carbocycles. The third-order valence-electron chi connectivity index (χ3n) is 4.35. The number of aliphatic hydroxyl groups is 1. The fourth-order valence-corrected chi connectivity index (χ4v) is 3.21. The lowest BCUT2D eigenvalue weighted by atomic mass is 9.83. The van der Waals surface area contributed by atoms with E-state index in [1.54, 1.807) is 0 Å². The normalized spacial score (nSPS) is 19.4. The van der Waals surface area contributed by atoms with Gasteiger partial charge in [-0.25, -0.2) is 0 Å². The lowest BCUT2D eigenvalue weighted by Gasteiger charge is -2.39. The third kappa shape index (κ3) is 4.93. The van der Waals surface area contributed by atoms with Gasteiger partial charge in [-0.3, -0.25) is 0 Å². The molecule has 1 fully saturated rings. The highest BCUT2D eigenvalue weighted by Gasteiger charge is 2.34. The summed E-state index contributed by atoms with van der Waals surface area (Å²) in [5.74, 6) is 0. The average molecular weight is 321 g/mol. The number of hydrogen-bond donors (Lipinski definition) is 3. The highest BCUT2D eigenvalue weighted by Crippen LogP contribution is 2.31. The summed E-state index contributed by atoms with van der Waals surface area (Å²) in [4.78, 5) is 2.27. The molecule has 0 radical (unpaired) electrons. The van der Waals surface area contributed by atoms with Crippen LogP contribution in [0.15, 0.2) is 30.3 Å². The van der Waals surface area contributed by atoms with Crippen LogP contribution in [0.2, 0.25) is 0 Å². The molecule has 5 heteroatoms. The van der Waals surface area contributed by atoms with Crippen molar-refractivity contribution in [2.24, 2.45) is 0 Å². The minimum Gasteiger partial charge on any atom is -0.390 e. The number of piperidine rings is 1. The van der Waals surface area contributed by atoms with Gasteiger partial charge in [0.2, 0.25) is 0 Å². The summed E-state index contributed by atoms with van der Waals surface area (Å²) in [5, 5.41) is 18.1. The molecule has 1 unspecified atom stereocenters. The fourth-order valence-electron chi connectivity index (χ4n) is 2.93. The van der Waals surface area contributed by atoms with Crippen molar-refractivity contribution in [1.82, 2.24) is 15.5 Å². The molecule has 1 aromatic carbocycles. The zero-order valence-corrected chi connectivity index (χ0v) is 14.3. The zero-order chi connectivity index (χ0) is 16.0. The molecule has 0 amide bonds. The second kappa shape index (κ2) is 7.90. The molecule has 1 aliphatic rings. The molecular weight excluding hydrogens is 294 g/mol. The van der Waals surface area contributed by atoms with Gasteiger partial charge in [-0.1, -0.05) is 30.3 Å². The molecule has 4 nitrogen and oxygen atoms in total. The average Bonchev–Trinajstić information content (AvgIpc) is 2.51. The predicted molar refractivity (Wildman–Crippen MR) is 94.9 cm³/mol. The van der Waals surface area contributed by atoms with Crippen molar-refractivity contribution < 1.29 is 5.11 Å². The highest BCUT2D eigenvalue weighted by atomic mass is 32.1. The molecular formula is C17H27N3OS. The van der Waals surface area contributed by atoms with Crippen LogP contribution in [-0.4, -0.2) is 47.4 Å². The van der Waals surface area contributed by atoms with Crippen LogP contribution in [0, 0.1) is 0 Å². The van der Waals surface area contributed by atoms with Gasteiger partial charge in [0.1, 0.15) is 0 Å². The molecule has 1 aliphatic heterocycles. The molecule has 122 valence electrons. The van der Waals surface area contributed by atoms with Crippen molar-refractivity contribution in [3.8, 4) is 0 Å². The van der Waals surface area contributed by atoms with Crippen LogP contribution in [-0.2, 0) is 0 Å². The summed E-state index contributed by atoms with van der Waals surface area (Å²) in [7, 11) is 2.10. The fraction of sp³-hybridized carbons (Fsp3) is 0.588. The number of nitrogens with zero attached hydrogens (tertiary/aromatic N) is 1. The summed E-state index contributed by atoms with van der Waals surface area (Å²) in [6, 6.07) is 10.3. The first-order valence-electron chi connectivity index (χ1n) is 8.03. The van der Waals surface area contributed by atoms with Gasteiger partial charge in [-0.15, -0.1) is 0 Å². The van der Waals surface area contributed by atoms with E-state index in [1.165, 1.54) is 0 Å². The van der Waals surface area contributed by atoms with Crippen molar-refractivity contribution in [2.75, 3.05) is 26.7 Å². The molecule has 3 N–H and O–H groups in total. The number of nitrogens with one attached hydrogen (secondary N) is 2. The molecule has 0 aromatic heterocycles. The molecule has 1 atom stereocenters. The van der Waals surface area contributed by atoms with Gasteiger partial charge < -0.3 is 20.6 Å². The number of likely N-dealkylation sites (tertiary alicyclic amines) is 1. The Morgan fingerprint density at radius 1 is 1.32 bits per heavy atom. The van der Waals surface area contributed by atoms with Crippen LogP contribution >= 0.6 is 12.2 Å². The van der Waals surface area contributed by atoms with E-state index in [4.69, 9.17) is 12.2 Å². The van der Waals surface area contributed by atoms with E-state index in [9.17, 15) is 5.11 Å². The molecule has 2 rings (SSSR count). The topological polar surface area (TPSA) is 47.5 Å². The number of rotatable bonds is 5. The maximum atomic E-state index is 10.9. The molecule has 0 bridgehead atoms. The quantitative estimate of drug-likeness (QED) is 0.725. The molecule has 1 saturated heterocycles. The Balaban J connectivity index is 2.09. The first kappa shape index (κ1) is 17.2. The number of hydrogen-bond acceptors (Lipinski definition) is 3. The lowest BCUT2D eigenvalue weighted by Crippen LogP contribution is -2.46. The predicted octanol–water partition coefficient (Wildman–Crippen LogP) is 2.06. The Hall–Kier alpha value is -1.17. The monoisotopic (exact) mass is 321 g/mol. The van der Waals surface area contributed by atoms with Crippen molar-refractivity contribution in [3.63, 3.8) is 0 Å². The number of benzene rings is 1. The first-order chi connectivity index (χ1) is 10.5. The molecule has 22 heavy (non-hydrogen) atoms. The van der Waals surface area contributed by atoms with E-state index < -0.39 is 5.60 Å². The van der Waals surface area contributed by atoms with Crippen LogP contribution in [0.5, 0.6) is 0 Å². The van der Waals surface area contributed by atoms with Gasteiger partial charge in [0.25, 0.3) is 0 Å². The summed E-state index contributed by atoms with van der Waals surface area (Å²) < 4.78 is 0. The Bertz CT molecular complexity index is 472. The Morgan fingerprint density at radius 3 is 2.55 bits per heavy atom. The van der Waals surface area contributed by atoms with Crippen molar-refractivity contribution in [3.05, 3.63) is 35.9 Å². The van der Waals surface area contributed by atoms with E-state index >= 15 is 0 Å². The van der Waals surface area contributed by atoms with Crippen molar-refractivity contribution in [1.29, 1.82) is 0 Å². The third-order valence-corrected chi connectivity index (χ3v) is 4.61. The summed E-state index contributed by atoms with van der Waals surface area (Å²) >= 11 is 5.34. The Labute approximate surface area is 138 Å².